The molecule has 102 valence electrons. The fourth-order valence-corrected chi connectivity index (χ4v) is 2.77. The van der Waals surface area contributed by atoms with Crippen LogP contribution in [0.2, 0.25) is 0 Å². The number of hydrogen-bond acceptors (Lipinski definition) is 5. The third kappa shape index (κ3) is 2.85. The van der Waals surface area contributed by atoms with E-state index in [0.29, 0.717) is 12.2 Å². The van der Waals surface area contributed by atoms with E-state index in [1.807, 2.05) is 6.92 Å². The summed E-state index contributed by atoms with van der Waals surface area (Å²) >= 11 is 0. The Hall–Kier alpha value is -2.06. The Bertz CT molecular complexity index is 665. The summed E-state index contributed by atoms with van der Waals surface area (Å²) in [7, 11) is -3.72. The van der Waals surface area contributed by atoms with Crippen LogP contribution in [0.3, 0.4) is 0 Å². The van der Waals surface area contributed by atoms with Gasteiger partial charge in [-0.15, -0.1) is 0 Å². The third-order valence-electron chi connectivity index (χ3n) is 2.54. The fourth-order valence-electron chi connectivity index (χ4n) is 1.61. The molecule has 0 saturated carbocycles. The summed E-state index contributed by atoms with van der Waals surface area (Å²) in [5.74, 6) is 5.58. The fraction of sp³-hybridized carbons (Fsp3) is 0.182. The van der Waals surface area contributed by atoms with Crippen molar-refractivity contribution in [2.75, 3.05) is 10.1 Å². The highest BCUT2D eigenvalue weighted by atomic mass is 32.2. The highest BCUT2D eigenvalue weighted by Crippen LogP contribution is 2.21. The zero-order chi connectivity index (χ0) is 13.9. The zero-order valence-electron chi connectivity index (χ0n) is 10.4. The molecule has 1 heterocycles. The number of nitrogens with zero attached hydrogens (tertiary/aromatic N) is 2. The quantitative estimate of drug-likeness (QED) is 0.560. The Morgan fingerprint density at radius 2 is 2.05 bits per heavy atom. The van der Waals surface area contributed by atoms with E-state index in [1.54, 1.807) is 35.1 Å². The van der Waals surface area contributed by atoms with Crippen molar-refractivity contribution in [1.29, 1.82) is 0 Å². The first-order valence-electron chi connectivity index (χ1n) is 5.68. The van der Waals surface area contributed by atoms with Crippen molar-refractivity contribution >= 4 is 21.5 Å². The first-order valence-corrected chi connectivity index (χ1v) is 7.17. The number of hydrazine groups is 1. The van der Waals surface area contributed by atoms with Crippen LogP contribution < -0.4 is 16.0 Å². The van der Waals surface area contributed by atoms with Crippen LogP contribution in [-0.2, 0) is 16.6 Å². The van der Waals surface area contributed by atoms with Crippen LogP contribution in [0.25, 0.3) is 0 Å². The molecule has 2 aromatic rings. The molecular formula is C11H15N5O2S. The van der Waals surface area contributed by atoms with Crippen LogP contribution in [-0.4, -0.2) is 18.2 Å². The SMILES string of the molecule is CCn1ccc(NS(=O)(=O)c2ccccc2NN)n1. The van der Waals surface area contributed by atoms with Gasteiger partial charge < -0.3 is 5.43 Å². The summed E-state index contributed by atoms with van der Waals surface area (Å²) < 4.78 is 28.5. The van der Waals surface area contributed by atoms with Crippen molar-refractivity contribution in [3.05, 3.63) is 36.5 Å². The van der Waals surface area contributed by atoms with Crippen molar-refractivity contribution < 1.29 is 8.42 Å². The van der Waals surface area contributed by atoms with Crippen molar-refractivity contribution in [3.63, 3.8) is 0 Å². The Labute approximate surface area is 111 Å². The Morgan fingerprint density at radius 1 is 1.32 bits per heavy atom. The summed E-state index contributed by atoms with van der Waals surface area (Å²) in [6, 6.07) is 7.97. The van der Waals surface area contributed by atoms with Crippen molar-refractivity contribution in [1.82, 2.24) is 9.78 Å². The highest BCUT2D eigenvalue weighted by molar-refractivity contribution is 7.92. The van der Waals surface area contributed by atoms with E-state index in [9.17, 15) is 8.42 Å². The van der Waals surface area contributed by atoms with Gasteiger partial charge in [-0.1, -0.05) is 12.1 Å². The van der Waals surface area contributed by atoms with Crippen molar-refractivity contribution in [2.45, 2.75) is 18.4 Å². The predicted octanol–water partition coefficient (Wildman–Crippen LogP) is 0.989. The average Bonchev–Trinajstić information content (AvgIpc) is 2.85. The number of benzene rings is 1. The first-order chi connectivity index (χ1) is 9.06. The predicted molar refractivity (Wildman–Crippen MR) is 73.0 cm³/mol. The minimum atomic E-state index is -3.72. The van der Waals surface area contributed by atoms with E-state index in [0.717, 1.165) is 0 Å². The van der Waals surface area contributed by atoms with Gasteiger partial charge in [0.15, 0.2) is 5.82 Å². The van der Waals surface area contributed by atoms with Crippen LogP contribution >= 0.6 is 0 Å². The summed E-state index contributed by atoms with van der Waals surface area (Å²) in [5, 5.41) is 4.07. The molecule has 8 heteroatoms. The summed E-state index contributed by atoms with van der Waals surface area (Å²) in [6.45, 7) is 2.58. The van der Waals surface area contributed by atoms with Gasteiger partial charge in [-0.05, 0) is 19.1 Å². The van der Waals surface area contributed by atoms with Gasteiger partial charge in [-0.25, -0.2) is 8.42 Å². The van der Waals surface area contributed by atoms with E-state index in [4.69, 9.17) is 5.84 Å². The third-order valence-corrected chi connectivity index (χ3v) is 3.95. The number of anilines is 2. The van der Waals surface area contributed by atoms with E-state index < -0.39 is 10.0 Å². The van der Waals surface area contributed by atoms with Crippen LogP contribution in [0.5, 0.6) is 0 Å². The summed E-state index contributed by atoms with van der Waals surface area (Å²) in [6.07, 6.45) is 1.70. The Morgan fingerprint density at radius 3 is 2.68 bits per heavy atom. The smallest absolute Gasteiger partial charge is 0.265 e. The molecule has 0 bridgehead atoms. The number of nitrogens with one attached hydrogen (secondary N) is 2. The minimum Gasteiger partial charge on any atom is -0.323 e. The van der Waals surface area contributed by atoms with Gasteiger partial charge in [0.05, 0.1) is 5.69 Å². The van der Waals surface area contributed by atoms with Gasteiger partial charge in [0, 0.05) is 18.8 Å². The maximum absolute atomic E-state index is 12.2. The maximum Gasteiger partial charge on any atom is 0.265 e. The van der Waals surface area contributed by atoms with Gasteiger partial charge in [0.1, 0.15) is 4.90 Å². The van der Waals surface area contributed by atoms with Crippen molar-refractivity contribution in [3.8, 4) is 0 Å². The van der Waals surface area contributed by atoms with Gasteiger partial charge in [-0.3, -0.25) is 15.2 Å². The molecule has 1 aromatic carbocycles. The molecule has 1 aromatic heterocycles. The highest BCUT2D eigenvalue weighted by Gasteiger charge is 2.18. The van der Waals surface area contributed by atoms with E-state index in [-0.39, 0.29) is 10.7 Å². The van der Waals surface area contributed by atoms with Gasteiger partial charge in [0.25, 0.3) is 10.0 Å². The van der Waals surface area contributed by atoms with Crippen LogP contribution in [0, 0.1) is 0 Å². The second-order valence-corrected chi connectivity index (χ2v) is 5.45. The minimum absolute atomic E-state index is 0.0727. The van der Waals surface area contributed by atoms with Crippen LogP contribution in [0.15, 0.2) is 41.4 Å². The Balaban J connectivity index is 2.32. The number of rotatable bonds is 5. The van der Waals surface area contributed by atoms with Crippen LogP contribution in [0.1, 0.15) is 6.92 Å². The summed E-state index contributed by atoms with van der Waals surface area (Å²) in [4.78, 5) is 0.0727. The van der Waals surface area contributed by atoms with E-state index in [1.165, 1.54) is 6.07 Å². The molecule has 19 heavy (non-hydrogen) atoms. The number of aromatic nitrogens is 2. The zero-order valence-corrected chi connectivity index (χ0v) is 11.2. The number of para-hydroxylation sites is 1. The molecular weight excluding hydrogens is 266 g/mol. The standard InChI is InChI=1S/C11H15N5O2S/c1-2-16-8-7-11(14-16)15-19(17,18)10-6-4-3-5-9(10)13-12/h3-8,13H,2,12H2,1H3,(H,14,15). The molecule has 2 rings (SSSR count). The second kappa shape index (κ2) is 5.29. The van der Waals surface area contributed by atoms with Gasteiger partial charge >= 0.3 is 0 Å². The number of hydrogen-bond donors (Lipinski definition) is 3. The normalized spacial score (nSPS) is 11.3. The molecule has 0 aliphatic rings. The monoisotopic (exact) mass is 281 g/mol. The molecule has 0 aliphatic heterocycles. The number of nitrogens with two attached hydrogens (primary N) is 1. The lowest BCUT2D eigenvalue weighted by molar-refractivity contribution is 0.600. The number of aryl methyl sites for hydroxylation is 1. The molecule has 0 amide bonds. The van der Waals surface area contributed by atoms with Gasteiger partial charge in [0.2, 0.25) is 0 Å². The summed E-state index contributed by atoms with van der Waals surface area (Å²) in [5.41, 5.74) is 2.68. The largest absolute Gasteiger partial charge is 0.323 e. The lowest BCUT2D eigenvalue weighted by Gasteiger charge is -2.09. The molecule has 0 spiro atoms. The average molecular weight is 281 g/mol. The molecule has 0 fully saturated rings. The van der Waals surface area contributed by atoms with Crippen LogP contribution in [0.4, 0.5) is 11.5 Å². The van der Waals surface area contributed by atoms with Gasteiger partial charge in [-0.2, -0.15) is 5.10 Å². The maximum atomic E-state index is 12.2. The lowest BCUT2D eigenvalue weighted by Crippen LogP contribution is -2.17. The number of sulfonamides is 1. The molecule has 0 aliphatic carbocycles. The molecule has 0 atom stereocenters. The first kappa shape index (κ1) is 13.4. The topological polar surface area (TPSA) is 102 Å². The molecule has 7 nitrogen and oxygen atoms in total. The molecule has 0 radical (unpaired) electrons. The molecule has 4 N–H and O–H groups in total. The number of nitrogen functional groups attached to an aromatic ring is 1. The van der Waals surface area contributed by atoms with E-state index in [2.05, 4.69) is 15.2 Å². The second-order valence-electron chi connectivity index (χ2n) is 3.80. The molecule has 0 saturated heterocycles. The van der Waals surface area contributed by atoms with E-state index >= 15 is 0 Å². The van der Waals surface area contributed by atoms with Crippen molar-refractivity contribution in [2.24, 2.45) is 5.84 Å². The molecule has 0 unspecified atom stereocenters. The lowest BCUT2D eigenvalue weighted by atomic mass is 10.3. The Kier molecular flexibility index (Phi) is 3.72.